The monoisotopic (exact) mass is 327 g/mol. The van der Waals surface area contributed by atoms with Gasteiger partial charge in [-0.3, -0.25) is 4.67 Å². The van der Waals surface area contributed by atoms with Gasteiger partial charge >= 0.3 is 0 Å². The van der Waals surface area contributed by atoms with Crippen molar-refractivity contribution >= 4 is 7.29 Å². The smallest absolute Gasteiger partial charge is 0.172 e. The molecule has 0 saturated carbocycles. The van der Waals surface area contributed by atoms with E-state index in [-0.39, 0.29) is 0 Å². The predicted molar refractivity (Wildman–Crippen MR) is 98.0 cm³/mol. The molecule has 0 spiro atoms. The standard InChI is InChI=1S/C20H24NOP/c1-3-21(4-2)23(22)19(17-11-7-5-8-12-17)15-16-20(23)18-13-9-6-10-14-18/h5-16,19-20H,3-4H2,1-2H3/t19-,20+,23?/i19D,20D. The van der Waals surface area contributed by atoms with Crippen LogP contribution < -0.4 is 0 Å². The Morgan fingerprint density at radius 1 is 0.870 bits per heavy atom. The summed E-state index contributed by atoms with van der Waals surface area (Å²) in [5.41, 5.74) is -1.52. The van der Waals surface area contributed by atoms with Crippen LogP contribution in [-0.2, 0) is 4.57 Å². The van der Waals surface area contributed by atoms with E-state index in [0.29, 0.717) is 24.2 Å². The van der Waals surface area contributed by atoms with E-state index in [9.17, 15) is 7.31 Å². The first-order valence-corrected chi connectivity index (χ1v) is 9.77. The molecule has 0 aromatic heterocycles. The van der Waals surface area contributed by atoms with E-state index in [1.54, 1.807) is 12.2 Å². The van der Waals surface area contributed by atoms with Crippen molar-refractivity contribution in [3.05, 3.63) is 83.9 Å². The van der Waals surface area contributed by atoms with Crippen LogP contribution in [0.3, 0.4) is 0 Å². The highest BCUT2D eigenvalue weighted by Gasteiger charge is 2.47. The Morgan fingerprint density at radius 3 is 1.61 bits per heavy atom. The average molecular weight is 327 g/mol. The maximum absolute atomic E-state index is 14.6. The molecule has 0 radical (unpaired) electrons. The van der Waals surface area contributed by atoms with Gasteiger partial charge in [-0.25, -0.2) is 0 Å². The molecule has 1 aliphatic rings. The second kappa shape index (κ2) is 6.86. The molecular weight excluding hydrogens is 301 g/mol. The Labute approximate surface area is 142 Å². The maximum Gasteiger partial charge on any atom is 0.172 e. The van der Waals surface area contributed by atoms with Gasteiger partial charge in [0.15, 0.2) is 7.29 Å². The van der Waals surface area contributed by atoms with Crippen LogP contribution in [-0.4, -0.2) is 17.8 Å². The minimum absolute atomic E-state index is 0.538. The van der Waals surface area contributed by atoms with Gasteiger partial charge in [-0.1, -0.05) is 86.7 Å². The highest BCUT2D eigenvalue weighted by Crippen LogP contribution is 2.74. The van der Waals surface area contributed by atoms with Crippen molar-refractivity contribution in [2.75, 3.05) is 13.1 Å². The quantitative estimate of drug-likeness (QED) is 0.522. The number of benzene rings is 2. The number of rotatable bonds is 5. The highest BCUT2D eigenvalue weighted by molar-refractivity contribution is 7.63. The van der Waals surface area contributed by atoms with Gasteiger partial charge in [0.05, 0.1) is 11.3 Å². The molecule has 1 aliphatic heterocycles. The van der Waals surface area contributed by atoms with E-state index in [1.165, 1.54) is 0 Å². The maximum atomic E-state index is 14.6. The van der Waals surface area contributed by atoms with Gasteiger partial charge in [-0.2, -0.15) is 0 Å². The molecule has 23 heavy (non-hydrogen) atoms. The lowest BCUT2D eigenvalue weighted by molar-refractivity contribution is 0.435. The van der Waals surface area contributed by atoms with Crippen molar-refractivity contribution in [3.8, 4) is 0 Å². The molecular formula is C20H24NOP. The fourth-order valence-electron chi connectivity index (χ4n) is 3.18. The molecule has 0 aliphatic carbocycles. The molecule has 0 amide bonds. The zero-order chi connectivity index (χ0) is 18.1. The Balaban J connectivity index is 2.27. The van der Waals surface area contributed by atoms with E-state index in [0.717, 1.165) is 0 Å². The molecule has 0 saturated heterocycles. The first-order chi connectivity index (χ1) is 11.9. The van der Waals surface area contributed by atoms with Crippen LogP contribution in [0.2, 0.25) is 0 Å². The van der Waals surface area contributed by atoms with Crippen LogP contribution in [0.25, 0.3) is 0 Å². The van der Waals surface area contributed by atoms with Gasteiger partial charge in [-0.15, -0.1) is 0 Å². The number of allylic oxidation sites excluding steroid dienone is 2. The lowest BCUT2D eigenvalue weighted by atomic mass is 10.1. The number of hydrogen-bond acceptors (Lipinski definition) is 1. The van der Waals surface area contributed by atoms with E-state index in [2.05, 4.69) is 0 Å². The molecule has 1 heterocycles. The molecule has 2 nitrogen and oxygen atoms in total. The first-order valence-electron chi connectivity index (χ1n) is 9.11. The summed E-state index contributed by atoms with van der Waals surface area (Å²) < 4.78 is 34.8. The van der Waals surface area contributed by atoms with Gasteiger partial charge in [0.2, 0.25) is 0 Å². The van der Waals surface area contributed by atoms with Crippen LogP contribution in [0.4, 0.5) is 0 Å². The number of hydrogen-bond donors (Lipinski definition) is 0. The van der Waals surface area contributed by atoms with Gasteiger partial charge in [0.25, 0.3) is 0 Å². The van der Waals surface area contributed by atoms with Crippen molar-refractivity contribution in [2.45, 2.75) is 25.1 Å². The third-order valence-corrected chi connectivity index (χ3v) is 7.80. The van der Waals surface area contributed by atoms with Gasteiger partial charge < -0.3 is 4.57 Å². The summed E-state index contributed by atoms with van der Waals surface area (Å²) >= 11 is 0. The van der Waals surface area contributed by atoms with Crippen LogP contribution in [0, 0.1) is 0 Å². The lowest BCUT2D eigenvalue weighted by Gasteiger charge is -2.36. The van der Waals surface area contributed by atoms with Crippen molar-refractivity contribution in [2.24, 2.45) is 0 Å². The Bertz CT molecular complexity index is 747. The topological polar surface area (TPSA) is 20.3 Å². The second-order valence-electron chi connectivity index (χ2n) is 5.55. The van der Waals surface area contributed by atoms with Crippen molar-refractivity contribution in [3.63, 3.8) is 0 Å². The zero-order valence-corrected chi connectivity index (χ0v) is 14.5. The molecule has 120 valence electrons. The molecule has 0 bridgehead atoms. The van der Waals surface area contributed by atoms with Gasteiger partial charge in [0.1, 0.15) is 0 Å². The van der Waals surface area contributed by atoms with Crippen molar-refractivity contribution in [1.82, 2.24) is 4.67 Å². The summed E-state index contributed by atoms with van der Waals surface area (Å²) in [5.74, 6) is 0. The van der Waals surface area contributed by atoms with Crippen molar-refractivity contribution < 1.29 is 7.31 Å². The van der Waals surface area contributed by atoms with E-state index in [1.807, 2.05) is 79.2 Å². The third-order valence-electron chi connectivity index (χ3n) is 4.32. The van der Waals surface area contributed by atoms with Gasteiger partial charge in [0, 0.05) is 15.8 Å². The third kappa shape index (κ3) is 2.82. The fraction of sp³-hybridized carbons (Fsp3) is 0.300. The minimum atomic E-state index is -3.51. The summed E-state index contributed by atoms with van der Waals surface area (Å²) in [6.45, 7) is 4.96. The normalized spacial score (nSPS) is 34.4. The highest BCUT2D eigenvalue weighted by atomic mass is 31.2. The van der Waals surface area contributed by atoms with Crippen molar-refractivity contribution in [1.29, 1.82) is 0 Å². The van der Waals surface area contributed by atoms with Crippen LogP contribution in [0.1, 0.15) is 39.0 Å². The summed E-state index contributed by atoms with van der Waals surface area (Å²) in [6.07, 6.45) is 3.34. The molecule has 3 heteroatoms. The SMILES string of the molecule is [2H][C@@]1(c2ccccc2)C=C[C@]([2H])(c2ccccc2)P1(=O)N(CC)CC. The molecule has 0 N–H and O–H groups in total. The summed E-state index contributed by atoms with van der Waals surface area (Å²) in [7, 11) is -3.51. The van der Waals surface area contributed by atoms with E-state index >= 15 is 0 Å². The van der Waals surface area contributed by atoms with Crippen LogP contribution in [0.5, 0.6) is 0 Å². The van der Waals surface area contributed by atoms with Crippen LogP contribution >= 0.6 is 7.29 Å². The molecule has 2 aromatic carbocycles. The zero-order valence-electron chi connectivity index (χ0n) is 15.6. The first kappa shape index (κ1) is 13.8. The Hall–Kier alpha value is -1.63. The minimum Gasteiger partial charge on any atom is -0.305 e. The van der Waals surface area contributed by atoms with Gasteiger partial charge in [-0.05, 0) is 11.1 Å². The lowest BCUT2D eigenvalue weighted by Crippen LogP contribution is -2.23. The fourth-order valence-corrected chi connectivity index (χ4v) is 6.39. The predicted octanol–water partition coefficient (Wildman–Crippen LogP) is 5.66. The van der Waals surface area contributed by atoms with Crippen LogP contribution in [0.15, 0.2) is 72.8 Å². The average Bonchev–Trinajstić information content (AvgIpc) is 2.88. The molecule has 2 aromatic rings. The van der Waals surface area contributed by atoms with E-state index < -0.39 is 18.6 Å². The summed E-state index contributed by atoms with van der Waals surface area (Å²) in [5, 5.41) is 0. The Kier molecular flexibility index (Phi) is 4.11. The summed E-state index contributed by atoms with van der Waals surface area (Å²) in [4.78, 5) is 0. The Morgan fingerprint density at radius 2 is 1.26 bits per heavy atom. The molecule has 3 rings (SSSR count). The van der Waals surface area contributed by atoms with E-state index in [4.69, 9.17) is 0 Å². The second-order valence-corrected chi connectivity index (χ2v) is 8.23. The summed E-state index contributed by atoms with van der Waals surface area (Å²) in [6, 6.07) is 18.6. The number of nitrogens with zero attached hydrogens (tertiary/aromatic N) is 1. The molecule has 0 fully saturated rings. The molecule has 1 unspecified atom stereocenters. The largest absolute Gasteiger partial charge is 0.305 e. The molecule has 3 atom stereocenters.